The number of Topliss-reactive ketones (excluding diaryl/α,β-unsaturated/α-hetero) is 1. The predicted octanol–water partition coefficient (Wildman–Crippen LogP) is 1.43. The van der Waals surface area contributed by atoms with E-state index < -0.39 is 0 Å². The van der Waals surface area contributed by atoms with Crippen LogP contribution in [0, 0.1) is 11.8 Å². The minimum atomic E-state index is 0.196. The lowest BCUT2D eigenvalue weighted by atomic mass is 9.99. The van der Waals surface area contributed by atoms with Crippen LogP contribution in [0.2, 0.25) is 0 Å². The summed E-state index contributed by atoms with van der Waals surface area (Å²) in [4.78, 5) is 12.0. The Labute approximate surface area is 83.3 Å². The van der Waals surface area contributed by atoms with E-state index in [2.05, 4.69) is 17.2 Å². The van der Waals surface area contributed by atoms with Crippen LogP contribution in [0.1, 0.15) is 36.7 Å². The van der Waals surface area contributed by atoms with Gasteiger partial charge in [-0.25, -0.2) is 4.68 Å². The molecular formula is C10H15N3O. The van der Waals surface area contributed by atoms with Crippen molar-refractivity contribution >= 4 is 5.78 Å². The molecule has 0 amide bonds. The number of hydrogen-bond donors (Lipinski definition) is 0. The number of aryl methyl sites for hydroxylation is 1. The van der Waals surface area contributed by atoms with Gasteiger partial charge < -0.3 is 0 Å². The van der Waals surface area contributed by atoms with Crippen LogP contribution in [0.5, 0.6) is 0 Å². The van der Waals surface area contributed by atoms with E-state index in [1.54, 1.807) is 17.9 Å². The molecule has 0 spiro atoms. The van der Waals surface area contributed by atoms with Gasteiger partial charge in [0.15, 0.2) is 5.78 Å². The quantitative estimate of drug-likeness (QED) is 0.667. The Hall–Kier alpha value is -1.19. The maximum Gasteiger partial charge on any atom is 0.185 e. The second-order valence-corrected chi connectivity index (χ2v) is 4.22. The third kappa shape index (κ3) is 1.56. The van der Waals surface area contributed by atoms with Crippen molar-refractivity contribution in [2.75, 3.05) is 0 Å². The predicted molar refractivity (Wildman–Crippen MR) is 51.8 cm³/mol. The Bertz CT molecular complexity index is 345. The Morgan fingerprint density at radius 1 is 1.57 bits per heavy atom. The first-order valence-corrected chi connectivity index (χ1v) is 5.07. The average Bonchev–Trinajstić information content (AvgIpc) is 2.73. The molecule has 1 aliphatic rings. The zero-order valence-corrected chi connectivity index (χ0v) is 8.60. The molecule has 14 heavy (non-hydrogen) atoms. The monoisotopic (exact) mass is 193 g/mol. The van der Waals surface area contributed by atoms with Gasteiger partial charge in [-0.2, -0.15) is 0 Å². The summed E-state index contributed by atoms with van der Waals surface area (Å²) in [6.07, 6.45) is 4.77. The van der Waals surface area contributed by atoms with Crippen LogP contribution in [0.3, 0.4) is 0 Å². The van der Waals surface area contributed by atoms with Crippen molar-refractivity contribution in [1.82, 2.24) is 15.0 Å². The maximum absolute atomic E-state index is 12.0. The second-order valence-electron chi connectivity index (χ2n) is 4.22. The molecule has 2 atom stereocenters. The summed E-state index contributed by atoms with van der Waals surface area (Å²) >= 11 is 0. The molecule has 0 N–H and O–H groups in total. The standard InChI is InChI=1S/C10H15N3O/c1-7-3-4-8(5-7)10(14)9-6-11-12-13(9)2/h6-8H,3-5H2,1-2H3. The molecule has 0 radical (unpaired) electrons. The van der Waals surface area contributed by atoms with E-state index in [9.17, 15) is 4.79 Å². The Kier molecular flexibility index (Phi) is 2.35. The first-order valence-electron chi connectivity index (χ1n) is 5.07. The fourth-order valence-corrected chi connectivity index (χ4v) is 2.17. The highest BCUT2D eigenvalue weighted by Crippen LogP contribution is 2.32. The first-order chi connectivity index (χ1) is 6.68. The molecule has 1 saturated carbocycles. The number of aromatic nitrogens is 3. The number of carbonyl (C=O) groups excluding carboxylic acids is 1. The smallest absolute Gasteiger partial charge is 0.185 e. The number of rotatable bonds is 2. The normalized spacial score (nSPS) is 26.7. The molecule has 1 aromatic heterocycles. The van der Waals surface area contributed by atoms with Crippen LogP contribution in [-0.2, 0) is 7.05 Å². The highest BCUT2D eigenvalue weighted by Gasteiger charge is 2.29. The molecule has 0 aliphatic heterocycles. The van der Waals surface area contributed by atoms with Crippen molar-refractivity contribution in [3.8, 4) is 0 Å². The lowest BCUT2D eigenvalue weighted by molar-refractivity contribution is 0.0911. The van der Waals surface area contributed by atoms with Crippen LogP contribution in [0.4, 0.5) is 0 Å². The van der Waals surface area contributed by atoms with E-state index in [1.807, 2.05) is 0 Å². The molecular weight excluding hydrogens is 178 g/mol. The van der Waals surface area contributed by atoms with Gasteiger partial charge in [-0.3, -0.25) is 4.79 Å². The molecule has 1 fully saturated rings. The van der Waals surface area contributed by atoms with Crippen LogP contribution in [-0.4, -0.2) is 20.8 Å². The van der Waals surface area contributed by atoms with E-state index in [4.69, 9.17) is 0 Å². The fourth-order valence-electron chi connectivity index (χ4n) is 2.17. The van der Waals surface area contributed by atoms with E-state index in [1.165, 1.54) is 6.42 Å². The van der Waals surface area contributed by atoms with E-state index in [0.717, 1.165) is 12.8 Å². The van der Waals surface area contributed by atoms with Crippen molar-refractivity contribution in [2.24, 2.45) is 18.9 Å². The molecule has 1 heterocycles. The van der Waals surface area contributed by atoms with Crippen molar-refractivity contribution in [3.63, 3.8) is 0 Å². The Morgan fingerprint density at radius 2 is 2.36 bits per heavy atom. The number of carbonyl (C=O) groups is 1. The zero-order valence-electron chi connectivity index (χ0n) is 8.60. The summed E-state index contributed by atoms with van der Waals surface area (Å²) in [6.45, 7) is 2.20. The number of ketones is 1. The first kappa shape index (κ1) is 9.37. The van der Waals surface area contributed by atoms with Crippen LogP contribution in [0.25, 0.3) is 0 Å². The minimum Gasteiger partial charge on any atom is -0.292 e. The summed E-state index contributed by atoms with van der Waals surface area (Å²) in [7, 11) is 1.76. The lowest BCUT2D eigenvalue weighted by Gasteiger charge is -2.07. The molecule has 4 nitrogen and oxygen atoms in total. The van der Waals surface area contributed by atoms with Crippen molar-refractivity contribution in [3.05, 3.63) is 11.9 Å². The van der Waals surface area contributed by atoms with Gasteiger partial charge in [0.2, 0.25) is 0 Å². The molecule has 2 rings (SSSR count). The second kappa shape index (κ2) is 3.52. The molecule has 0 aromatic carbocycles. The summed E-state index contributed by atoms with van der Waals surface area (Å²) in [5, 5.41) is 7.50. The van der Waals surface area contributed by atoms with Crippen molar-refractivity contribution in [1.29, 1.82) is 0 Å². The highest BCUT2D eigenvalue weighted by molar-refractivity contribution is 5.96. The lowest BCUT2D eigenvalue weighted by Crippen LogP contribution is -2.15. The summed E-state index contributed by atoms with van der Waals surface area (Å²) in [5.41, 5.74) is 0.643. The summed E-state index contributed by atoms with van der Waals surface area (Å²) < 4.78 is 1.56. The van der Waals surface area contributed by atoms with Gasteiger partial charge in [0.1, 0.15) is 5.69 Å². The Balaban J connectivity index is 2.13. The number of nitrogens with zero attached hydrogens (tertiary/aromatic N) is 3. The Morgan fingerprint density at radius 3 is 2.86 bits per heavy atom. The van der Waals surface area contributed by atoms with Gasteiger partial charge in [0.25, 0.3) is 0 Å². The van der Waals surface area contributed by atoms with Crippen LogP contribution >= 0.6 is 0 Å². The van der Waals surface area contributed by atoms with Crippen LogP contribution in [0.15, 0.2) is 6.20 Å². The molecule has 2 unspecified atom stereocenters. The molecule has 0 saturated heterocycles. The third-order valence-corrected chi connectivity index (χ3v) is 3.03. The molecule has 1 aromatic rings. The molecule has 1 aliphatic carbocycles. The van der Waals surface area contributed by atoms with Gasteiger partial charge in [0.05, 0.1) is 6.20 Å². The van der Waals surface area contributed by atoms with E-state index >= 15 is 0 Å². The van der Waals surface area contributed by atoms with Crippen molar-refractivity contribution < 1.29 is 4.79 Å². The largest absolute Gasteiger partial charge is 0.292 e. The van der Waals surface area contributed by atoms with E-state index in [0.29, 0.717) is 11.6 Å². The summed E-state index contributed by atoms with van der Waals surface area (Å²) in [6, 6.07) is 0. The van der Waals surface area contributed by atoms with E-state index in [-0.39, 0.29) is 11.7 Å². The molecule has 4 heteroatoms. The van der Waals surface area contributed by atoms with Gasteiger partial charge >= 0.3 is 0 Å². The van der Waals surface area contributed by atoms with Gasteiger partial charge in [0, 0.05) is 13.0 Å². The highest BCUT2D eigenvalue weighted by atomic mass is 16.1. The average molecular weight is 193 g/mol. The summed E-state index contributed by atoms with van der Waals surface area (Å²) in [5.74, 6) is 1.09. The third-order valence-electron chi connectivity index (χ3n) is 3.03. The molecule has 76 valence electrons. The van der Waals surface area contributed by atoms with Crippen LogP contribution < -0.4 is 0 Å². The maximum atomic E-state index is 12.0. The van der Waals surface area contributed by atoms with Gasteiger partial charge in [-0.15, -0.1) is 5.10 Å². The number of hydrogen-bond acceptors (Lipinski definition) is 3. The SMILES string of the molecule is CC1CCC(C(=O)c2cnnn2C)C1. The fraction of sp³-hybridized carbons (Fsp3) is 0.700. The zero-order chi connectivity index (χ0) is 10.1. The molecule has 0 bridgehead atoms. The van der Waals surface area contributed by atoms with Gasteiger partial charge in [-0.1, -0.05) is 12.1 Å². The van der Waals surface area contributed by atoms with Gasteiger partial charge in [-0.05, 0) is 25.2 Å². The topological polar surface area (TPSA) is 47.8 Å². The van der Waals surface area contributed by atoms with Crippen molar-refractivity contribution in [2.45, 2.75) is 26.2 Å². The minimum absolute atomic E-state index is 0.196.